The summed E-state index contributed by atoms with van der Waals surface area (Å²) in [6.07, 6.45) is 10.9. The highest BCUT2D eigenvalue weighted by Gasteiger charge is 2.23. The van der Waals surface area contributed by atoms with Gasteiger partial charge in [0.1, 0.15) is 5.75 Å². The van der Waals surface area contributed by atoms with Crippen LogP contribution in [0.15, 0.2) is 24.3 Å². The molecule has 0 aliphatic carbocycles. The van der Waals surface area contributed by atoms with Crippen molar-refractivity contribution in [3.8, 4) is 11.8 Å². The second-order valence-corrected chi connectivity index (χ2v) is 15.3. The van der Waals surface area contributed by atoms with Gasteiger partial charge in [-0.2, -0.15) is 5.26 Å². The smallest absolute Gasteiger partial charge is 0.341 e. The lowest BCUT2D eigenvalue weighted by Gasteiger charge is -2.07. The minimum Gasteiger partial charge on any atom is -0.494 e. The van der Waals surface area contributed by atoms with Crippen LogP contribution in [0.3, 0.4) is 0 Å². The number of rotatable bonds is 13. The van der Waals surface area contributed by atoms with Gasteiger partial charge in [-0.25, -0.2) is 0 Å². The van der Waals surface area contributed by atoms with Gasteiger partial charge in [-0.05, 0) is 36.7 Å². The minimum absolute atomic E-state index is 0.664. The van der Waals surface area contributed by atoms with E-state index in [1.165, 1.54) is 44.9 Å². The second kappa shape index (κ2) is 12.9. The summed E-state index contributed by atoms with van der Waals surface area (Å²) in [5, 5.41) is 8.73. The highest BCUT2D eigenvalue weighted by Crippen LogP contribution is 2.27. The quantitative estimate of drug-likeness (QED) is 0.199. The van der Waals surface area contributed by atoms with Crippen molar-refractivity contribution in [2.24, 2.45) is 0 Å². The fourth-order valence-electron chi connectivity index (χ4n) is 2.48. The molecular weight excluding hydrogens is 381 g/mol. The molecule has 0 radical (unpaired) electrons. The summed E-state index contributed by atoms with van der Waals surface area (Å²) in [6, 6.07) is 7.77. The number of halogens is 3. The average Bonchev–Trinajstić information content (AvgIpc) is 2.55. The number of ether oxygens (including phenoxy) is 1. The summed E-state index contributed by atoms with van der Waals surface area (Å²) in [5.41, 5.74) is 0.664. The molecule has 0 saturated carbocycles. The molecule has 0 N–H and O–H groups in total. The van der Waals surface area contributed by atoms with Gasteiger partial charge in [-0.1, -0.05) is 51.4 Å². The Hall–Kier alpha value is -0.403. The molecule has 1 aromatic rings. The van der Waals surface area contributed by atoms with E-state index in [1.54, 1.807) is 12.1 Å². The molecule has 0 bridgehead atoms. The van der Waals surface area contributed by atoms with E-state index in [2.05, 4.69) is 6.07 Å². The summed E-state index contributed by atoms with van der Waals surface area (Å²) in [5.74, 6) is 0.840. The summed E-state index contributed by atoms with van der Waals surface area (Å²) in [7, 11) is 0. The van der Waals surface area contributed by atoms with Gasteiger partial charge >= 0.3 is 6.00 Å². The lowest BCUT2D eigenvalue weighted by Crippen LogP contribution is -2.07. The van der Waals surface area contributed by atoms with Crippen molar-refractivity contribution in [1.29, 1.82) is 5.26 Å². The largest absolute Gasteiger partial charge is 0.494 e. The molecule has 0 spiro atoms. The predicted molar refractivity (Wildman–Crippen MR) is 106 cm³/mol. The fraction of sp³-hybridized carbons (Fsp3) is 0.611. The molecule has 0 atom stereocenters. The minimum atomic E-state index is -2.39. The van der Waals surface area contributed by atoms with Gasteiger partial charge < -0.3 is 4.74 Å². The number of hydrogen-bond acceptors (Lipinski definition) is 2. The Kier molecular flexibility index (Phi) is 11.6. The van der Waals surface area contributed by atoms with Gasteiger partial charge in [-0.3, -0.25) is 0 Å². The molecule has 0 aromatic heterocycles. The second-order valence-electron chi connectivity index (χ2n) is 6.03. The highest BCUT2D eigenvalue weighted by atomic mass is 35.8. The fourth-order valence-corrected chi connectivity index (χ4v) is 4.33. The van der Waals surface area contributed by atoms with Crippen LogP contribution in [0.2, 0.25) is 6.04 Å². The van der Waals surface area contributed by atoms with Crippen LogP contribution in [-0.2, 0) is 0 Å². The zero-order chi connectivity index (χ0) is 17.7. The molecule has 0 unspecified atom stereocenters. The van der Waals surface area contributed by atoms with Gasteiger partial charge in [0, 0.05) is 0 Å². The van der Waals surface area contributed by atoms with Crippen molar-refractivity contribution in [1.82, 2.24) is 0 Å². The normalized spacial score (nSPS) is 11.2. The van der Waals surface area contributed by atoms with Crippen molar-refractivity contribution < 1.29 is 4.74 Å². The van der Waals surface area contributed by atoms with Gasteiger partial charge in [0.25, 0.3) is 0 Å². The zero-order valence-electron chi connectivity index (χ0n) is 14.1. The third kappa shape index (κ3) is 12.0. The van der Waals surface area contributed by atoms with Crippen molar-refractivity contribution in [2.45, 2.75) is 63.8 Å². The van der Waals surface area contributed by atoms with E-state index in [9.17, 15) is 0 Å². The van der Waals surface area contributed by atoms with E-state index in [1.807, 2.05) is 12.1 Å². The molecule has 24 heavy (non-hydrogen) atoms. The van der Waals surface area contributed by atoms with Crippen LogP contribution in [0.5, 0.6) is 5.75 Å². The molecule has 0 aliphatic heterocycles. The molecule has 0 heterocycles. The summed E-state index contributed by atoms with van der Waals surface area (Å²) in [6.45, 7) is 0.743. The van der Waals surface area contributed by atoms with Crippen molar-refractivity contribution in [3.63, 3.8) is 0 Å². The molecule has 1 rings (SSSR count). The van der Waals surface area contributed by atoms with Crippen LogP contribution < -0.4 is 4.74 Å². The monoisotopic (exact) mass is 405 g/mol. The van der Waals surface area contributed by atoms with Gasteiger partial charge in [0.2, 0.25) is 0 Å². The van der Waals surface area contributed by atoms with E-state index in [0.717, 1.165) is 31.2 Å². The number of nitriles is 1. The lowest BCUT2D eigenvalue weighted by molar-refractivity contribution is 0.304. The molecule has 2 nitrogen and oxygen atoms in total. The van der Waals surface area contributed by atoms with Crippen molar-refractivity contribution in [2.75, 3.05) is 6.61 Å². The standard InChI is InChI=1S/C18H26Cl3NOSi/c19-24(20,21)15-9-7-5-3-1-2-4-6-8-14-23-18-12-10-17(16-22)11-13-18/h10-13H,1-9,14-15H2. The molecule has 134 valence electrons. The van der Waals surface area contributed by atoms with E-state index in [4.69, 9.17) is 43.2 Å². The Labute approximate surface area is 161 Å². The Balaban J connectivity index is 1.86. The Morgan fingerprint density at radius 1 is 0.792 bits per heavy atom. The SMILES string of the molecule is N#Cc1ccc(OCCCCCCCCCCC[Si](Cl)(Cl)Cl)cc1. The maximum Gasteiger partial charge on any atom is 0.341 e. The van der Waals surface area contributed by atoms with Crippen molar-refractivity contribution >= 4 is 39.2 Å². The van der Waals surface area contributed by atoms with Crippen LogP contribution in [-0.4, -0.2) is 12.6 Å². The molecular formula is C18H26Cl3NOSi. The van der Waals surface area contributed by atoms with E-state index in [-0.39, 0.29) is 0 Å². The maximum absolute atomic E-state index is 8.73. The molecule has 0 aliphatic rings. The Bertz CT molecular complexity index is 483. The van der Waals surface area contributed by atoms with Crippen LogP contribution in [0.4, 0.5) is 0 Å². The first-order valence-corrected chi connectivity index (χ1v) is 14.0. The topological polar surface area (TPSA) is 33.0 Å². The molecule has 0 amide bonds. The van der Waals surface area contributed by atoms with Gasteiger partial charge in [-0.15, -0.1) is 33.2 Å². The maximum atomic E-state index is 8.73. The number of hydrogen-bond donors (Lipinski definition) is 0. The van der Waals surface area contributed by atoms with Crippen LogP contribution in [0, 0.1) is 11.3 Å². The van der Waals surface area contributed by atoms with E-state index < -0.39 is 6.00 Å². The summed E-state index contributed by atoms with van der Waals surface area (Å²) < 4.78 is 5.67. The van der Waals surface area contributed by atoms with E-state index >= 15 is 0 Å². The van der Waals surface area contributed by atoms with E-state index in [0.29, 0.717) is 5.56 Å². The Morgan fingerprint density at radius 3 is 1.79 bits per heavy atom. The van der Waals surface area contributed by atoms with Crippen molar-refractivity contribution in [3.05, 3.63) is 29.8 Å². The van der Waals surface area contributed by atoms with Crippen LogP contribution in [0.1, 0.15) is 63.4 Å². The molecule has 0 saturated heterocycles. The van der Waals surface area contributed by atoms with Crippen LogP contribution in [0.25, 0.3) is 0 Å². The first-order chi connectivity index (χ1) is 11.5. The first kappa shape index (κ1) is 21.6. The number of nitrogens with zero attached hydrogens (tertiary/aromatic N) is 1. The summed E-state index contributed by atoms with van der Waals surface area (Å²) in [4.78, 5) is 0. The Morgan fingerprint density at radius 2 is 1.29 bits per heavy atom. The predicted octanol–water partition coefficient (Wildman–Crippen LogP) is 7.10. The number of benzene rings is 1. The van der Waals surface area contributed by atoms with Crippen LogP contribution >= 0.6 is 33.2 Å². The van der Waals surface area contributed by atoms with Gasteiger partial charge in [0.15, 0.2) is 0 Å². The zero-order valence-corrected chi connectivity index (χ0v) is 17.3. The number of unbranched alkanes of at least 4 members (excludes halogenated alkanes) is 8. The third-order valence-corrected chi connectivity index (χ3v) is 6.48. The molecule has 1 aromatic carbocycles. The first-order valence-electron chi connectivity index (χ1n) is 8.71. The summed E-state index contributed by atoms with van der Waals surface area (Å²) >= 11 is 17.6. The van der Waals surface area contributed by atoms with Gasteiger partial charge in [0.05, 0.1) is 18.2 Å². The lowest BCUT2D eigenvalue weighted by atomic mass is 10.1. The third-order valence-electron chi connectivity index (χ3n) is 3.86. The average molecular weight is 407 g/mol. The molecule has 0 fully saturated rings. The highest BCUT2D eigenvalue weighted by molar-refractivity contribution is 7.64. The molecule has 6 heteroatoms.